The molecule has 4 rings (SSSR count). The van der Waals surface area contributed by atoms with Gasteiger partial charge in [0.05, 0.1) is 6.42 Å². The smallest absolute Gasteiger partial charge is 0.407 e. The molecule has 35 heavy (non-hydrogen) atoms. The maximum atomic E-state index is 12.6. The Morgan fingerprint density at radius 2 is 1.69 bits per heavy atom. The van der Waals surface area contributed by atoms with E-state index in [1.165, 1.54) is 11.1 Å². The monoisotopic (exact) mass is 478 g/mol. The lowest BCUT2D eigenvalue weighted by Crippen LogP contribution is -2.47. The summed E-state index contributed by atoms with van der Waals surface area (Å²) in [4.78, 5) is 36.3. The standard InChI is InChI=1S/C28H34N2O5/c1-2-8-19(15-26(32)33)30-25(31)16-28(13-7-14-28)18-29-27(34)35-17-24-22-11-5-3-9-20(22)21-10-4-6-12-23(21)24/h3-6,9-12,19,24H,2,7-8,13-18H2,1H3,(H,29,34)(H,30,31)(H,32,33). The molecular formula is C28H34N2O5. The summed E-state index contributed by atoms with van der Waals surface area (Å²) in [6, 6.07) is 16.0. The van der Waals surface area contributed by atoms with Crippen molar-refractivity contribution in [2.75, 3.05) is 13.2 Å². The largest absolute Gasteiger partial charge is 0.481 e. The summed E-state index contributed by atoms with van der Waals surface area (Å²) in [5.41, 5.74) is 4.39. The SMILES string of the molecule is CCCC(CC(=O)O)NC(=O)CC1(CNC(=O)OCC2c3ccccc3-c3ccccc32)CCC1. The summed E-state index contributed by atoms with van der Waals surface area (Å²) in [7, 11) is 0. The Hall–Kier alpha value is -3.35. The molecule has 0 bridgehead atoms. The lowest BCUT2D eigenvalue weighted by atomic mass is 9.66. The maximum Gasteiger partial charge on any atom is 0.407 e. The summed E-state index contributed by atoms with van der Waals surface area (Å²) < 4.78 is 5.63. The molecule has 0 radical (unpaired) electrons. The Labute approximate surface area is 206 Å². The second-order valence-electron chi connectivity index (χ2n) is 9.86. The molecule has 0 saturated heterocycles. The van der Waals surface area contributed by atoms with Crippen LogP contribution in [-0.2, 0) is 14.3 Å². The van der Waals surface area contributed by atoms with Gasteiger partial charge in [-0.1, -0.05) is 68.3 Å². The van der Waals surface area contributed by atoms with Crippen molar-refractivity contribution in [3.05, 3.63) is 59.7 Å². The average molecular weight is 479 g/mol. The van der Waals surface area contributed by atoms with Gasteiger partial charge in [0.15, 0.2) is 0 Å². The zero-order chi connectivity index (χ0) is 24.8. The van der Waals surface area contributed by atoms with Gasteiger partial charge in [0.2, 0.25) is 5.91 Å². The predicted octanol–water partition coefficient (Wildman–Crippen LogP) is 4.85. The van der Waals surface area contributed by atoms with Crippen molar-refractivity contribution in [3.8, 4) is 11.1 Å². The van der Waals surface area contributed by atoms with Crippen LogP contribution in [0.2, 0.25) is 0 Å². The van der Waals surface area contributed by atoms with Crippen LogP contribution in [0.15, 0.2) is 48.5 Å². The topological polar surface area (TPSA) is 105 Å². The van der Waals surface area contributed by atoms with Gasteiger partial charge in [-0.05, 0) is 46.9 Å². The van der Waals surface area contributed by atoms with E-state index in [1.807, 2.05) is 31.2 Å². The molecule has 3 N–H and O–H groups in total. The van der Waals surface area contributed by atoms with Gasteiger partial charge in [-0.3, -0.25) is 9.59 Å². The second kappa shape index (κ2) is 10.9. The van der Waals surface area contributed by atoms with Gasteiger partial charge >= 0.3 is 12.1 Å². The summed E-state index contributed by atoms with van der Waals surface area (Å²) in [5, 5.41) is 14.8. The number of hydrogen-bond donors (Lipinski definition) is 3. The summed E-state index contributed by atoms with van der Waals surface area (Å²) in [6.45, 7) is 2.59. The van der Waals surface area contributed by atoms with Crippen molar-refractivity contribution in [1.29, 1.82) is 0 Å². The molecular weight excluding hydrogens is 444 g/mol. The van der Waals surface area contributed by atoms with E-state index in [1.54, 1.807) is 0 Å². The molecule has 2 aromatic carbocycles. The number of amides is 2. The lowest BCUT2D eigenvalue weighted by molar-refractivity contribution is -0.137. The number of carbonyl (C=O) groups excluding carboxylic acids is 2. The molecule has 7 nitrogen and oxygen atoms in total. The summed E-state index contributed by atoms with van der Waals surface area (Å²) in [6.07, 6.45) is 3.85. The zero-order valence-corrected chi connectivity index (χ0v) is 20.2. The van der Waals surface area contributed by atoms with Crippen molar-refractivity contribution in [1.82, 2.24) is 10.6 Å². The molecule has 1 unspecified atom stereocenters. The molecule has 2 aliphatic carbocycles. The molecule has 0 aliphatic heterocycles. The quantitative estimate of drug-likeness (QED) is 0.428. The van der Waals surface area contributed by atoms with Gasteiger partial charge in [-0.15, -0.1) is 0 Å². The molecule has 2 aromatic rings. The third kappa shape index (κ3) is 5.84. The number of carboxylic acid groups (broad SMARTS) is 1. The number of carbonyl (C=O) groups is 3. The van der Waals surface area contributed by atoms with Crippen LogP contribution in [0.5, 0.6) is 0 Å². The number of nitrogens with one attached hydrogen (secondary N) is 2. The number of rotatable bonds is 11. The summed E-state index contributed by atoms with van der Waals surface area (Å²) >= 11 is 0. The van der Waals surface area contributed by atoms with Gasteiger partial charge in [0.1, 0.15) is 6.61 Å². The highest BCUT2D eigenvalue weighted by atomic mass is 16.5. The van der Waals surface area contributed by atoms with Crippen molar-refractivity contribution < 1.29 is 24.2 Å². The number of carboxylic acids is 1. The lowest BCUT2D eigenvalue weighted by Gasteiger charge is -2.41. The van der Waals surface area contributed by atoms with Gasteiger partial charge in [-0.2, -0.15) is 0 Å². The Morgan fingerprint density at radius 1 is 1.06 bits per heavy atom. The minimum absolute atomic E-state index is 0.00123. The first kappa shape index (κ1) is 24.8. The number of fused-ring (bicyclic) bond motifs is 3. The molecule has 1 atom stereocenters. The highest BCUT2D eigenvalue weighted by Gasteiger charge is 2.40. The second-order valence-corrected chi connectivity index (χ2v) is 9.86. The van der Waals surface area contributed by atoms with E-state index in [4.69, 9.17) is 9.84 Å². The van der Waals surface area contributed by atoms with Crippen LogP contribution in [-0.4, -0.2) is 42.3 Å². The van der Waals surface area contributed by atoms with Crippen LogP contribution in [0.3, 0.4) is 0 Å². The van der Waals surface area contributed by atoms with Crippen LogP contribution in [0.1, 0.15) is 68.9 Å². The normalized spacial score (nSPS) is 16.4. The van der Waals surface area contributed by atoms with Crippen LogP contribution >= 0.6 is 0 Å². The highest BCUT2D eigenvalue weighted by molar-refractivity contribution is 5.79. The molecule has 2 aliphatic rings. The van der Waals surface area contributed by atoms with E-state index in [2.05, 4.69) is 34.9 Å². The predicted molar refractivity (Wildman–Crippen MR) is 133 cm³/mol. The Balaban J connectivity index is 1.29. The van der Waals surface area contributed by atoms with E-state index in [-0.39, 0.29) is 42.7 Å². The van der Waals surface area contributed by atoms with Gasteiger partial charge in [0.25, 0.3) is 0 Å². The molecule has 0 spiro atoms. The van der Waals surface area contributed by atoms with Crippen molar-refractivity contribution in [2.24, 2.45) is 5.41 Å². The minimum atomic E-state index is -0.918. The Kier molecular flexibility index (Phi) is 7.73. The zero-order valence-electron chi connectivity index (χ0n) is 20.2. The van der Waals surface area contributed by atoms with Gasteiger partial charge in [0, 0.05) is 24.9 Å². The van der Waals surface area contributed by atoms with Gasteiger partial charge < -0.3 is 20.5 Å². The molecule has 1 fully saturated rings. The van der Waals surface area contributed by atoms with E-state index < -0.39 is 12.1 Å². The summed E-state index contributed by atoms with van der Waals surface area (Å²) in [5.74, 6) is -1.07. The Morgan fingerprint density at radius 3 is 2.23 bits per heavy atom. The van der Waals surface area contributed by atoms with E-state index in [9.17, 15) is 14.4 Å². The fourth-order valence-electron chi connectivity index (χ4n) is 5.41. The number of benzene rings is 2. The molecule has 0 heterocycles. The Bertz CT molecular complexity index is 1030. The highest BCUT2D eigenvalue weighted by Crippen LogP contribution is 2.45. The van der Waals surface area contributed by atoms with Gasteiger partial charge in [-0.25, -0.2) is 4.79 Å². The third-order valence-electron chi connectivity index (χ3n) is 7.32. The number of alkyl carbamates (subject to hydrolysis) is 1. The molecule has 1 saturated carbocycles. The molecule has 186 valence electrons. The van der Waals surface area contributed by atoms with Crippen molar-refractivity contribution in [2.45, 2.75) is 63.8 Å². The molecule has 2 amide bonds. The van der Waals surface area contributed by atoms with Crippen LogP contribution in [0, 0.1) is 5.41 Å². The number of aliphatic carboxylic acids is 1. The van der Waals surface area contributed by atoms with E-state index in [0.29, 0.717) is 13.0 Å². The third-order valence-corrected chi connectivity index (χ3v) is 7.32. The fraction of sp³-hybridized carbons (Fsp3) is 0.464. The average Bonchev–Trinajstić information content (AvgIpc) is 3.13. The first-order chi connectivity index (χ1) is 16.9. The number of hydrogen-bond acceptors (Lipinski definition) is 4. The maximum absolute atomic E-state index is 12.6. The van der Waals surface area contributed by atoms with Crippen LogP contribution in [0.25, 0.3) is 11.1 Å². The van der Waals surface area contributed by atoms with E-state index >= 15 is 0 Å². The molecule has 7 heteroatoms. The van der Waals surface area contributed by atoms with Crippen LogP contribution in [0.4, 0.5) is 4.79 Å². The first-order valence-electron chi connectivity index (χ1n) is 12.5. The number of ether oxygens (including phenoxy) is 1. The van der Waals surface area contributed by atoms with Crippen molar-refractivity contribution >= 4 is 18.0 Å². The van der Waals surface area contributed by atoms with E-state index in [0.717, 1.165) is 36.8 Å². The molecule has 0 aromatic heterocycles. The first-order valence-corrected chi connectivity index (χ1v) is 12.5. The van der Waals surface area contributed by atoms with Crippen LogP contribution < -0.4 is 10.6 Å². The van der Waals surface area contributed by atoms with Crippen molar-refractivity contribution in [3.63, 3.8) is 0 Å². The minimum Gasteiger partial charge on any atom is -0.481 e. The fourth-order valence-corrected chi connectivity index (χ4v) is 5.41.